The molecule has 2 aromatic rings. The van der Waals surface area contributed by atoms with Crippen LogP contribution in [0.2, 0.25) is 5.02 Å². The van der Waals surface area contributed by atoms with Crippen LogP contribution in [0, 0.1) is 12.8 Å². The highest BCUT2D eigenvalue weighted by Gasteiger charge is 2.25. The number of rotatable bonds is 2. The fourth-order valence-corrected chi connectivity index (χ4v) is 3.81. The molecule has 1 aromatic heterocycles. The van der Waals surface area contributed by atoms with Crippen molar-refractivity contribution in [3.8, 4) is 0 Å². The van der Waals surface area contributed by atoms with Crippen LogP contribution < -0.4 is 10.6 Å². The van der Waals surface area contributed by atoms with Crippen molar-refractivity contribution in [3.05, 3.63) is 22.7 Å². The predicted molar refractivity (Wildman–Crippen MR) is 83.5 cm³/mol. The summed E-state index contributed by atoms with van der Waals surface area (Å²) in [4.78, 5) is 18.1. The lowest BCUT2D eigenvalue weighted by Gasteiger charge is -2.30. The van der Waals surface area contributed by atoms with Gasteiger partial charge in [0.2, 0.25) is 5.91 Å². The number of nitrogens with zero attached hydrogens (tertiary/aromatic N) is 2. The van der Waals surface area contributed by atoms with Crippen molar-refractivity contribution in [2.75, 3.05) is 18.0 Å². The van der Waals surface area contributed by atoms with Crippen molar-refractivity contribution in [2.24, 2.45) is 11.7 Å². The highest BCUT2D eigenvalue weighted by Crippen LogP contribution is 2.34. The standard InChI is InChI=1S/C14H16ClN3OS/c1-8-10(15)2-3-11-12(8)17-14(20-11)18-6-4-9(5-7-18)13(16)19/h2-3,9H,4-7H2,1H3,(H2,16,19). The Bertz CT molecular complexity index is 662. The van der Waals surface area contributed by atoms with E-state index in [0.29, 0.717) is 0 Å². The van der Waals surface area contributed by atoms with Crippen LogP contribution in [-0.4, -0.2) is 24.0 Å². The molecule has 3 rings (SSSR count). The van der Waals surface area contributed by atoms with E-state index in [1.54, 1.807) is 11.3 Å². The van der Waals surface area contributed by atoms with Crippen LogP contribution in [-0.2, 0) is 4.79 Å². The average Bonchev–Trinajstić information content (AvgIpc) is 2.88. The number of fused-ring (bicyclic) bond motifs is 1. The van der Waals surface area contributed by atoms with Crippen LogP contribution in [0.4, 0.5) is 5.13 Å². The van der Waals surface area contributed by atoms with Crippen molar-refractivity contribution in [3.63, 3.8) is 0 Å². The fraction of sp³-hybridized carbons (Fsp3) is 0.429. The minimum atomic E-state index is -0.184. The first kappa shape index (κ1) is 13.6. The molecule has 1 aromatic carbocycles. The minimum Gasteiger partial charge on any atom is -0.369 e. The number of thiazole rings is 1. The largest absolute Gasteiger partial charge is 0.369 e. The molecule has 0 saturated carbocycles. The number of carbonyl (C=O) groups excluding carboxylic acids is 1. The average molecular weight is 310 g/mol. The highest BCUT2D eigenvalue weighted by molar-refractivity contribution is 7.22. The van der Waals surface area contributed by atoms with Crippen LogP contribution in [0.5, 0.6) is 0 Å². The van der Waals surface area contributed by atoms with Gasteiger partial charge in [0.1, 0.15) is 0 Å². The molecule has 1 fully saturated rings. The van der Waals surface area contributed by atoms with Gasteiger partial charge in [0.05, 0.1) is 10.2 Å². The number of amides is 1. The molecule has 6 heteroatoms. The highest BCUT2D eigenvalue weighted by atomic mass is 35.5. The van der Waals surface area contributed by atoms with E-state index in [2.05, 4.69) is 4.90 Å². The molecule has 0 spiro atoms. The van der Waals surface area contributed by atoms with E-state index in [0.717, 1.165) is 51.9 Å². The summed E-state index contributed by atoms with van der Waals surface area (Å²) < 4.78 is 1.15. The van der Waals surface area contributed by atoms with Gasteiger partial charge < -0.3 is 10.6 Å². The Balaban J connectivity index is 1.85. The smallest absolute Gasteiger partial charge is 0.220 e. The first-order valence-electron chi connectivity index (χ1n) is 6.66. The second kappa shape index (κ2) is 5.22. The van der Waals surface area contributed by atoms with E-state index >= 15 is 0 Å². The van der Waals surface area contributed by atoms with Gasteiger partial charge in [0.15, 0.2) is 5.13 Å². The maximum Gasteiger partial charge on any atom is 0.220 e. The molecule has 106 valence electrons. The van der Waals surface area contributed by atoms with Crippen molar-refractivity contribution >= 4 is 44.2 Å². The maximum absolute atomic E-state index is 11.2. The number of anilines is 1. The van der Waals surface area contributed by atoms with Crippen LogP contribution in [0.1, 0.15) is 18.4 Å². The third-order valence-electron chi connectivity index (χ3n) is 3.90. The molecular weight excluding hydrogens is 294 g/mol. The van der Waals surface area contributed by atoms with Crippen LogP contribution in [0.25, 0.3) is 10.2 Å². The second-order valence-electron chi connectivity index (χ2n) is 5.18. The first-order valence-corrected chi connectivity index (χ1v) is 7.85. The summed E-state index contributed by atoms with van der Waals surface area (Å²) in [6.45, 7) is 3.66. The zero-order valence-electron chi connectivity index (χ0n) is 11.2. The Morgan fingerprint density at radius 1 is 1.45 bits per heavy atom. The normalized spacial score (nSPS) is 16.8. The summed E-state index contributed by atoms with van der Waals surface area (Å²) in [5.41, 5.74) is 7.37. The summed E-state index contributed by atoms with van der Waals surface area (Å²) in [5.74, 6) is -0.173. The molecule has 4 nitrogen and oxygen atoms in total. The van der Waals surface area contributed by atoms with E-state index in [9.17, 15) is 4.79 Å². The van der Waals surface area contributed by atoms with E-state index in [1.165, 1.54) is 0 Å². The lowest BCUT2D eigenvalue weighted by molar-refractivity contribution is -0.122. The van der Waals surface area contributed by atoms with E-state index < -0.39 is 0 Å². The molecule has 0 aliphatic carbocycles. The monoisotopic (exact) mass is 309 g/mol. The third kappa shape index (κ3) is 2.36. The number of aryl methyl sites for hydroxylation is 1. The zero-order valence-corrected chi connectivity index (χ0v) is 12.8. The van der Waals surface area contributed by atoms with Crippen LogP contribution in [0.3, 0.4) is 0 Å². The van der Waals surface area contributed by atoms with E-state index in [4.69, 9.17) is 22.3 Å². The first-order chi connectivity index (χ1) is 9.56. The predicted octanol–water partition coefficient (Wildman–Crippen LogP) is 2.96. The summed E-state index contributed by atoms with van der Waals surface area (Å²) in [6, 6.07) is 3.93. The number of nitrogens with two attached hydrogens (primary N) is 1. The Labute approximate surface area is 126 Å². The Kier molecular flexibility index (Phi) is 3.56. The molecule has 0 atom stereocenters. The lowest BCUT2D eigenvalue weighted by Crippen LogP contribution is -2.38. The topological polar surface area (TPSA) is 59.2 Å². The van der Waals surface area contributed by atoms with Gasteiger partial charge in [-0.3, -0.25) is 4.79 Å². The van der Waals surface area contributed by atoms with E-state index in [-0.39, 0.29) is 11.8 Å². The van der Waals surface area contributed by atoms with Crippen molar-refractivity contribution in [1.82, 2.24) is 4.98 Å². The van der Waals surface area contributed by atoms with Gasteiger partial charge in [-0.05, 0) is 37.5 Å². The number of hydrogen-bond acceptors (Lipinski definition) is 4. The molecule has 1 amide bonds. The molecule has 2 heterocycles. The Hall–Kier alpha value is -1.33. The van der Waals surface area contributed by atoms with Gasteiger partial charge in [0.25, 0.3) is 0 Å². The van der Waals surface area contributed by atoms with Gasteiger partial charge in [-0.2, -0.15) is 0 Å². The molecule has 0 radical (unpaired) electrons. The van der Waals surface area contributed by atoms with Crippen LogP contribution in [0.15, 0.2) is 12.1 Å². The molecule has 0 unspecified atom stereocenters. The third-order valence-corrected chi connectivity index (χ3v) is 5.40. The van der Waals surface area contributed by atoms with Crippen molar-refractivity contribution in [1.29, 1.82) is 0 Å². The summed E-state index contributed by atoms with van der Waals surface area (Å²) in [6.07, 6.45) is 1.62. The van der Waals surface area contributed by atoms with Crippen molar-refractivity contribution < 1.29 is 4.79 Å². The molecular formula is C14H16ClN3OS. The minimum absolute atomic E-state index is 0.0109. The summed E-state index contributed by atoms with van der Waals surface area (Å²) in [7, 11) is 0. The second-order valence-corrected chi connectivity index (χ2v) is 6.60. The number of halogens is 1. The zero-order chi connectivity index (χ0) is 14.3. The number of primary amides is 1. The number of piperidine rings is 1. The molecule has 20 heavy (non-hydrogen) atoms. The number of carbonyl (C=O) groups is 1. The Morgan fingerprint density at radius 2 is 2.15 bits per heavy atom. The molecule has 1 aliphatic rings. The number of aromatic nitrogens is 1. The van der Waals surface area contributed by atoms with Gasteiger partial charge in [-0.25, -0.2) is 4.98 Å². The van der Waals surface area contributed by atoms with Gasteiger partial charge in [-0.1, -0.05) is 22.9 Å². The van der Waals surface area contributed by atoms with Gasteiger partial charge in [0, 0.05) is 24.0 Å². The van der Waals surface area contributed by atoms with Crippen LogP contribution >= 0.6 is 22.9 Å². The van der Waals surface area contributed by atoms with Gasteiger partial charge in [-0.15, -0.1) is 0 Å². The fourth-order valence-electron chi connectivity index (χ4n) is 2.58. The summed E-state index contributed by atoms with van der Waals surface area (Å²) in [5, 5.41) is 1.76. The number of hydrogen-bond donors (Lipinski definition) is 1. The molecule has 0 bridgehead atoms. The van der Waals surface area contributed by atoms with E-state index in [1.807, 2.05) is 19.1 Å². The molecule has 1 aliphatic heterocycles. The van der Waals surface area contributed by atoms with Gasteiger partial charge >= 0.3 is 0 Å². The quantitative estimate of drug-likeness (QED) is 0.928. The number of benzene rings is 1. The Morgan fingerprint density at radius 3 is 2.80 bits per heavy atom. The van der Waals surface area contributed by atoms with Crippen molar-refractivity contribution in [2.45, 2.75) is 19.8 Å². The summed E-state index contributed by atoms with van der Waals surface area (Å²) >= 11 is 7.81. The lowest BCUT2D eigenvalue weighted by atomic mass is 9.97. The molecule has 2 N–H and O–H groups in total. The molecule has 1 saturated heterocycles. The maximum atomic E-state index is 11.2. The SMILES string of the molecule is Cc1c(Cl)ccc2sc(N3CCC(C(N)=O)CC3)nc12.